The van der Waals surface area contributed by atoms with Gasteiger partial charge in [-0.15, -0.1) is 0 Å². The zero-order chi connectivity index (χ0) is 18.7. The fraction of sp³-hybridized carbons (Fsp3) is 0.111. The predicted octanol–water partition coefficient (Wildman–Crippen LogP) is 3.47. The fourth-order valence-electron chi connectivity index (χ4n) is 2.35. The molecular weight excluding hydrogens is 352 g/mol. The van der Waals surface area contributed by atoms with Crippen molar-refractivity contribution in [2.75, 3.05) is 16.0 Å². The van der Waals surface area contributed by atoms with E-state index in [0.717, 1.165) is 4.70 Å². The third-order valence-electron chi connectivity index (χ3n) is 3.37. The Labute approximate surface area is 153 Å². The van der Waals surface area contributed by atoms with Crippen molar-refractivity contribution < 1.29 is 14.4 Å². The van der Waals surface area contributed by atoms with Gasteiger partial charge in [0.2, 0.25) is 11.8 Å². The second-order valence-corrected chi connectivity index (χ2v) is 6.63. The molecule has 132 valence electrons. The van der Waals surface area contributed by atoms with Crippen LogP contribution in [0.1, 0.15) is 24.2 Å². The first-order valence-electron chi connectivity index (χ1n) is 7.78. The molecular formula is C18H16N4O3S. The van der Waals surface area contributed by atoms with Crippen molar-refractivity contribution in [1.29, 1.82) is 0 Å². The molecule has 1 aromatic heterocycles. The molecule has 0 saturated heterocycles. The predicted molar refractivity (Wildman–Crippen MR) is 103 cm³/mol. The SMILES string of the molecule is CC(=O)Nc1cccc(NC(=O)c2ccc3nc(NC(C)=O)sc3c2)c1. The Morgan fingerprint density at radius 1 is 0.885 bits per heavy atom. The normalized spacial score (nSPS) is 10.4. The molecule has 1 heterocycles. The minimum atomic E-state index is -0.277. The Balaban J connectivity index is 1.79. The summed E-state index contributed by atoms with van der Waals surface area (Å²) in [4.78, 5) is 39.0. The van der Waals surface area contributed by atoms with Crippen LogP contribution in [0, 0.1) is 0 Å². The summed E-state index contributed by atoms with van der Waals surface area (Å²) in [7, 11) is 0. The minimum absolute atomic E-state index is 0.181. The van der Waals surface area contributed by atoms with Gasteiger partial charge in [-0.25, -0.2) is 4.98 Å². The number of nitrogens with zero attached hydrogens (tertiary/aromatic N) is 1. The molecule has 0 radical (unpaired) electrons. The Kier molecular flexibility index (Phi) is 4.94. The average Bonchev–Trinajstić information content (AvgIpc) is 2.94. The van der Waals surface area contributed by atoms with Crippen molar-refractivity contribution in [3.63, 3.8) is 0 Å². The van der Waals surface area contributed by atoms with Gasteiger partial charge in [0.15, 0.2) is 5.13 Å². The molecule has 0 bridgehead atoms. The van der Waals surface area contributed by atoms with Gasteiger partial charge in [-0.05, 0) is 36.4 Å². The molecule has 0 aliphatic carbocycles. The highest BCUT2D eigenvalue weighted by molar-refractivity contribution is 7.22. The number of nitrogens with one attached hydrogen (secondary N) is 3. The summed E-state index contributed by atoms with van der Waals surface area (Å²) < 4.78 is 0.799. The molecule has 3 N–H and O–H groups in total. The number of thiazole rings is 1. The molecule has 0 atom stereocenters. The highest BCUT2D eigenvalue weighted by Gasteiger charge is 2.11. The monoisotopic (exact) mass is 368 g/mol. The lowest BCUT2D eigenvalue weighted by Gasteiger charge is -2.08. The van der Waals surface area contributed by atoms with Crippen molar-refractivity contribution in [3.8, 4) is 0 Å². The van der Waals surface area contributed by atoms with E-state index in [2.05, 4.69) is 20.9 Å². The van der Waals surface area contributed by atoms with Crippen LogP contribution in [-0.2, 0) is 9.59 Å². The van der Waals surface area contributed by atoms with E-state index in [0.29, 0.717) is 27.6 Å². The van der Waals surface area contributed by atoms with Gasteiger partial charge < -0.3 is 16.0 Å². The molecule has 0 fully saturated rings. The molecule has 0 unspecified atom stereocenters. The summed E-state index contributed by atoms with van der Waals surface area (Å²) in [5.74, 6) is -0.651. The van der Waals surface area contributed by atoms with Crippen LogP contribution in [0.15, 0.2) is 42.5 Å². The molecule has 3 amide bonds. The number of aromatic nitrogens is 1. The molecule has 0 aliphatic heterocycles. The quantitative estimate of drug-likeness (QED) is 0.656. The average molecular weight is 368 g/mol. The maximum absolute atomic E-state index is 12.5. The van der Waals surface area contributed by atoms with Crippen LogP contribution in [0.25, 0.3) is 10.2 Å². The molecule has 7 nitrogen and oxygen atoms in total. The fourth-order valence-corrected chi connectivity index (χ4v) is 3.30. The Morgan fingerprint density at radius 2 is 1.58 bits per heavy atom. The number of hydrogen-bond donors (Lipinski definition) is 3. The van der Waals surface area contributed by atoms with Gasteiger partial charge in [-0.1, -0.05) is 17.4 Å². The van der Waals surface area contributed by atoms with Gasteiger partial charge in [0.25, 0.3) is 5.91 Å². The van der Waals surface area contributed by atoms with Crippen molar-refractivity contribution in [3.05, 3.63) is 48.0 Å². The van der Waals surface area contributed by atoms with E-state index < -0.39 is 0 Å². The maximum atomic E-state index is 12.5. The number of carbonyl (C=O) groups is 3. The van der Waals surface area contributed by atoms with Crippen molar-refractivity contribution >= 4 is 55.8 Å². The van der Waals surface area contributed by atoms with E-state index >= 15 is 0 Å². The molecule has 2 aromatic carbocycles. The lowest BCUT2D eigenvalue weighted by Crippen LogP contribution is -2.12. The zero-order valence-electron chi connectivity index (χ0n) is 14.1. The number of anilines is 3. The molecule has 26 heavy (non-hydrogen) atoms. The summed E-state index contributed by atoms with van der Waals surface area (Å²) in [6.45, 7) is 2.84. The van der Waals surface area contributed by atoms with Crippen LogP contribution < -0.4 is 16.0 Å². The largest absolute Gasteiger partial charge is 0.326 e. The number of hydrogen-bond acceptors (Lipinski definition) is 5. The summed E-state index contributed by atoms with van der Waals surface area (Å²) in [6, 6.07) is 12.0. The molecule has 3 aromatic rings. The van der Waals surface area contributed by atoms with Crippen LogP contribution in [-0.4, -0.2) is 22.7 Å². The molecule has 0 aliphatic rings. The van der Waals surface area contributed by atoms with E-state index in [4.69, 9.17) is 0 Å². The minimum Gasteiger partial charge on any atom is -0.326 e. The van der Waals surface area contributed by atoms with Gasteiger partial charge in [0.1, 0.15) is 0 Å². The van der Waals surface area contributed by atoms with Crippen LogP contribution in [0.3, 0.4) is 0 Å². The summed E-state index contributed by atoms with van der Waals surface area (Å²) >= 11 is 1.30. The van der Waals surface area contributed by atoms with E-state index in [1.54, 1.807) is 42.5 Å². The van der Waals surface area contributed by atoms with E-state index in [1.165, 1.54) is 25.2 Å². The van der Waals surface area contributed by atoms with Gasteiger partial charge in [-0.2, -0.15) is 0 Å². The summed E-state index contributed by atoms with van der Waals surface area (Å²) in [6.07, 6.45) is 0. The van der Waals surface area contributed by atoms with Crippen molar-refractivity contribution in [2.24, 2.45) is 0 Å². The number of rotatable bonds is 4. The second-order valence-electron chi connectivity index (χ2n) is 5.60. The lowest BCUT2D eigenvalue weighted by atomic mass is 10.2. The van der Waals surface area contributed by atoms with Crippen LogP contribution in [0.2, 0.25) is 0 Å². The van der Waals surface area contributed by atoms with Crippen LogP contribution >= 0.6 is 11.3 Å². The first kappa shape index (κ1) is 17.6. The first-order valence-corrected chi connectivity index (χ1v) is 8.59. The third kappa shape index (κ3) is 4.22. The molecule has 3 rings (SSSR count). The molecule has 0 saturated carbocycles. The smallest absolute Gasteiger partial charge is 0.255 e. The summed E-state index contributed by atoms with van der Waals surface area (Å²) in [5.41, 5.74) is 2.36. The van der Waals surface area contributed by atoms with Crippen molar-refractivity contribution in [2.45, 2.75) is 13.8 Å². The van der Waals surface area contributed by atoms with Crippen LogP contribution in [0.5, 0.6) is 0 Å². The highest BCUT2D eigenvalue weighted by atomic mass is 32.1. The highest BCUT2D eigenvalue weighted by Crippen LogP contribution is 2.27. The van der Waals surface area contributed by atoms with Gasteiger partial charge in [-0.3, -0.25) is 14.4 Å². The van der Waals surface area contributed by atoms with E-state index in [-0.39, 0.29) is 17.7 Å². The van der Waals surface area contributed by atoms with E-state index in [1.807, 2.05) is 0 Å². The third-order valence-corrected chi connectivity index (χ3v) is 4.31. The number of benzene rings is 2. The van der Waals surface area contributed by atoms with Crippen LogP contribution in [0.4, 0.5) is 16.5 Å². The maximum Gasteiger partial charge on any atom is 0.255 e. The first-order chi connectivity index (χ1) is 12.4. The summed E-state index contributed by atoms with van der Waals surface area (Å²) in [5, 5.41) is 8.60. The number of carbonyl (C=O) groups excluding carboxylic acids is 3. The van der Waals surface area contributed by atoms with Gasteiger partial charge >= 0.3 is 0 Å². The standard InChI is InChI=1S/C18H16N4O3S/c1-10(23)19-13-4-3-5-14(9-13)21-17(25)12-6-7-15-16(8-12)26-18(22-15)20-11(2)24/h3-9H,1-2H3,(H,19,23)(H,21,25)(H,20,22,24). The van der Waals surface area contributed by atoms with Gasteiger partial charge in [0, 0.05) is 30.8 Å². The Morgan fingerprint density at radius 3 is 2.27 bits per heavy atom. The molecule has 0 spiro atoms. The number of fused-ring (bicyclic) bond motifs is 1. The Hall–Kier alpha value is -3.26. The number of amides is 3. The molecule has 8 heteroatoms. The zero-order valence-corrected chi connectivity index (χ0v) is 14.9. The second kappa shape index (κ2) is 7.32. The topological polar surface area (TPSA) is 100 Å². The lowest BCUT2D eigenvalue weighted by molar-refractivity contribution is -0.115. The van der Waals surface area contributed by atoms with Gasteiger partial charge in [0.05, 0.1) is 10.2 Å². The van der Waals surface area contributed by atoms with Crippen molar-refractivity contribution in [1.82, 2.24) is 4.98 Å². The Bertz CT molecular complexity index is 1010. The van der Waals surface area contributed by atoms with E-state index in [9.17, 15) is 14.4 Å².